The average molecular weight is 224 g/mol. The molecule has 0 amide bonds. The highest BCUT2D eigenvalue weighted by molar-refractivity contribution is 8.23. The molecule has 74 valence electrons. The predicted molar refractivity (Wildman–Crippen MR) is 67.8 cm³/mol. The van der Waals surface area contributed by atoms with Crippen LogP contribution in [0.5, 0.6) is 0 Å². The third kappa shape index (κ3) is 3.52. The number of aliphatic hydroxyl groups excluding tert-OH is 1. The van der Waals surface area contributed by atoms with Crippen LogP contribution in [0.1, 0.15) is 12.5 Å². The molecule has 0 aliphatic heterocycles. The summed E-state index contributed by atoms with van der Waals surface area (Å²) in [5, 5.41) is 9.68. The molecule has 0 heterocycles. The number of hydrogen-bond acceptors (Lipinski definition) is 3. The number of rotatable bonds is 3. The van der Waals surface area contributed by atoms with Crippen LogP contribution >= 0.6 is 24.0 Å². The molecular formula is C11H12OS2. The van der Waals surface area contributed by atoms with E-state index in [0.717, 1.165) is 11.3 Å². The van der Waals surface area contributed by atoms with Gasteiger partial charge in [-0.25, -0.2) is 0 Å². The van der Waals surface area contributed by atoms with E-state index in [0.29, 0.717) is 4.20 Å². The summed E-state index contributed by atoms with van der Waals surface area (Å²) in [6.07, 6.45) is 1.62. The number of benzene rings is 1. The molecule has 14 heavy (non-hydrogen) atoms. The summed E-state index contributed by atoms with van der Waals surface area (Å²) in [6.45, 7) is 2.03. The minimum absolute atomic E-state index is 0.233. The Morgan fingerprint density at radius 2 is 2.07 bits per heavy atom. The summed E-state index contributed by atoms with van der Waals surface area (Å²) in [7, 11) is 0. The van der Waals surface area contributed by atoms with Crippen LogP contribution in [0, 0.1) is 0 Å². The zero-order valence-corrected chi connectivity index (χ0v) is 9.57. The minimum Gasteiger partial charge on any atom is -0.507 e. The van der Waals surface area contributed by atoms with Crippen LogP contribution in [-0.2, 0) is 0 Å². The first-order valence-electron chi connectivity index (χ1n) is 4.37. The standard InChI is InChI=1S/C11H12OS2/c1-2-14-11(13)8-10(12)9-6-4-3-5-7-9/h3-8,12H,2H2,1H3. The van der Waals surface area contributed by atoms with Crippen LogP contribution < -0.4 is 0 Å². The Morgan fingerprint density at radius 1 is 1.43 bits per heavy atom. The predicted octanol–water partition coefficient (Wildman–Crippen LogP) is 3.67. The van der Waals surface area contributed by atoms with Crippen molar-refractivity contribution in [2.75, 3.05) is 5.75 Å². The molecule has 0 bridgehead atoms. The van der Waals surface area contributed by atoms with Crippen molar-refractivity contribution in [3.8, 4) is 0 Å². The third-order valence-electron chi connectivity index (χ3n) is 1.61. The van der Waals surface area contributed by atoms with Gasteiger partial charge >= 0.3 is 0 Å². The van der Waals surface area contributed by atoms with E-state index in [9.17, 15) is 5.11 Å². The molecule has 1 aromatic carbocycles. The van der Waals surface area contributed by atoms with Crippen LogP contribution in [0.4, 0.5) is 0 Å². The van der Waals surface area contributed by atoms with Crippen LogP contribution in [0.2, 0.25) is 0 Å². The van der Waals surface area contributed by atoms with Gasteiger partial charge in [-0.15, -0.1) is 11.8 Å². The molecule has 1 nitrogen and oxygen atoms in total. The highest BCUT2D eigenvalue weighted by Crippen LogP contribution is 2.14. The third-order valence-corrected chi connectivity index (χ3v) is 2.77. The summed E-state index contributed by atoms with van der Waals surface area (Å²) >= 11 is 6.61. The smallest absolute Gasteiger partial charge is 0.124 e. The van der Waals surface area contributed by atoms with Crippen molar-refractivity contribution in [1.29, 1.82) is 0 Å². The lowest BCUT2D eigenvalue weighted by atomic mass is 10.2. The Balaban J connectivity index is 2.75. The maximum Gasteiger partial charge on any atom is 0.124 e. The molecular weight excluding hydrogens is 212 g/mol. The fourth-order valence-electron chi connectivity index (χ4n) is 0.988. The summed E-state index contributed by atoms with van der Waals surface area (Å²) in [5.74, 6) is 1.16. The van der Waals surface area contributed by atoms with Gasteiger partial charge in [-0.1, -0.05) is 49.5 Å². The molecule has 0 saturated carbocycles. The Morgan fingerprint density at radius 3 is 2.64 bits per heavy atom. The molecule has 0 aromatic heterocycles. The lowest BCUT2D eigenvalue weighted by Crippen LogP contribution is -1.87. The Bertz CT molecular complexity index is 330. The van der Waals surface area contributed by atoms with Crippen LogP contribution in [0.25, 0.3) is 5.76 Å². The molecule has 0 spiro atoms. The molecule has 0 aliphatic rings. The first kappa shape index (κ1) is 11.3. The molecule has 0 radical (unpaired) electrons. The monoisotopic (exact) mass is 224 g/mol. The van der Waals surface area contributed by atoms with Gasteiger partial charge in [0.25, 0.3) is 0 Å². The van der Waals surface area contributed by atoms with Gasteiger partial charge in [0.2, 0.25) is 0 Å². The molecule has 1 rings (SSSR count). The van der Waals surface area contributed by atoms with Gasteiger partial charge < -0.3 is 5.11 Å². The second-order valence-corrected chi connectivity index (χ2v) is 4.65. The van der Waals surface area contributed by atoms with Crippen molar-refractivity contribution in [3.63, 3.8) is 0 Å². The summed E-state index contributed by atoms with van der Waals surface area (Å²) in [6, 6.07) is 9.39. The minimum atomic E-state index is 0.233. The largest absolute Gasteiger partial charge is 0.507 e. The van der Waals surface area contributed by atoms with Crippen LogP contribution in [-0.4, -0.2) is 15.1 Å². The van der Waals surface area contributed by atoms with E-state index in [1.165, 1.54) is 0 Å². The normalized spacial score (nSPS) is 11.4. The van der Waals surface area contributed by atoms with E-state index in [-0.39, 0.29) is 5.76 Å². The number of thioether (sulfide) groups is 1. The molecule has 0 aliphatic carbocycles. The van der Waals surface area contributed by atoms with E-state index < -0.39 is 0 Å². The van der Waals surface area contributed by atoms with Gasteiger partial charge in [0, 0.05) is 11.6 Å². The number of hydrogen-bond donors (Lipinski definition) is 1. The first-order valence-corrected chi connectivity index (χ1v) is 5.76. The Hall–Kier alpha value is -0.800. The zero-order valence-electron chi connectivity index (χ0n) is 7.93. The molecule has 1 N–H and O–H groups in total. The highest BCUT2D eigenvalue weighted by Gasteiger charge is 1.99. The first-order chi connectivity index (χ1) is 6.74. The Labute approximate surface area is 93.8 Å². The van der Waals surface area contributed by atoms with Crippen molar-refractivity contribution in [2.45, 2.75) is 6.92 Å². The van der Waals surface area contributed by atoms with Gasteiger partial charge in [0.05, 0.1) is 4.20 Å². The lowest BCUT2D eigenvalue weighted by molar-refractivity contribution is 0.512. The van der Waals surface area contributed by atoms with Gasteiger partial charge in [0.15, 0.2) is 0 Å². The van der Waals surface area contributed by atoms with Crippen molar-refractivity contribution >= 4 is 33.9 Å². The molecule has 1 aromatic rings. The molecule has 0 unspecified atom stereocenters. The quantitative estimate of drug-likeness (QED) is 0.480. The van der Waals surface area contributed by atoms with E-state index >= 15 is 0 Å². The van der Waals surface area contributed by atoms with Crippen molar-refractivity contribution < 1.29 is 5.11 Å². The second-order valence-electron chi connectivity index (χ2n) is 2.65. The fourth-order valence-corrected chi connectivity index (χ4v) is 1.93. The van der Waals surface area contributed by atoms with Crippen LogP contribution in [0.15, 0.2) is 36.4 Å². The van der Waals surface area contributed by atoms with Crippen molar-refractivity contribution in [3.05, 3.63) is 42.0 Å². The van der Waals surface area contributed by atoms with E-state index in [1.54, 1.807) is 17.8 Å². The number of aliphatic hydroxyl groups is 1. The van der Waals surface area contributed by atoms with Gasteiger partial charge in [-0.05, 0) is 5.75 Å². The van der Waals surface area contributed by atoms with Gasteiger partial charge in [0.1, 0.15) is 5.76 Å². The van der Waals surface area contributed by atoms with Crippen molar-refractivity contribution in [1.82, 2.24) is 0 Å². The maximum atomic E-state index is 9.68. The Kier molecular flexibility index (Phi) is 4.70. The summed E-state index contributed by atoms with van der Waals surface area (Å²) in [4.78, 5) is 0. The van der Waals surface area contributed by atoms with E-state index in [1.807, 2.05) is 37.3 Å². The lowest BCUT2D eigenvalue weighted by Gasteiger charge is -1.99. The molecule has 0 fully saturated rings. The number of thiocarbonyl (C=S) groups is 1. The van der Waals surface area contributed by atoms with Gasteiger partial charge in [-0.3, -0.25) is 0 Å². The maximum absolute atomic E-state index is 9.68. The van der Waals surface area contributed by atoms with E-state index in [2.05, 4.69) is 0 Å². The average Bonchev–Trinajstić information content (AvgIpc) is 2.19. The molecule has 0 saturated heterocycles. The second kappa shape index (κ2) is 5.83. The zero-order chi connectivity index (χ0) is 10.4. The highest BCUT2D eigenvalue weighted by atomic mass is 32.2. The SMILES string of the molecule is CCSC(=S)C=C(O)c1ccccc1. The fraction of sp³-hybridized carbons (Fsp3) is 0.182. The summed E-state index contributed by atoms with van der Waals surface area (Å²) in [5.41, 5.74) is 0.798. The van der Waals surface area contributed by atoms with E-state index in [4.69, 9.17) is 12.2 Å². The van der Waals surface area contributed by atoms with Crippen LogP contribution in [0.3, 0.4) is 0 Å². The van der Waals surface area contributed by atoms with Crippen molar-refractivity contribution in [2.24, 2.45) is 0 Å². The topological polar surface area (TPSA) is 20.2 Å². The summed E-state index contributed by atoms with van der Waals surface area (Å²) < 4.78 is 0.717. The molecule has 0 atom stereocenters. The van der Waals surface area contributed by atoms with Gasteiger partial charge in [-0.2, -0.15) is 0 Å². The molecule has 3 heteroatoms.